The average molecular weight is 227 g/mol. The van der Waals surface area contributed by atoms with Gasteiger partial charge in [0.15, 0.2) is 23.7 Å². The smallest absolute Gasteiger partial charge is 0.196 e. The highest BCUT2D eigenvalue weighted by molar-refractivity contribution is 5.99. The molecular weight excluding hydrogens is 219 g/mol. The number of aromatic nitrogens is 1. The minimum atomic E-state index is -1.52. The number of aryl methyl sites for hydroxylation is 1. The molecule has 0 aliphatic carbocycles. The molecule has 0 radical (unpaired) electrons. The van der Waals surface area contributed by atoms with Crippen LogP contribution >= 0.6 is 0 Å². The fourth-order valence-corrected chi connectivity index (χ4v) is 1.81. The van der Waals surface area contributed by atoms with Crippen LogP contribution in [-0.2, 0) is 7.05 Å². The normalized spacial score (nSPS) is 11.1. The molecule has 0 N–H and O–H groups in total. The fraction of sp³-hybridized carbons (Fsp3) is 0.182. The van der Waals surface area contributed by atoms with Crippen LogP contribution in [0.3, 0.4) is 0 Å². The number of hydrogen-bond acceptors (Lipinski definition) is 1. The summed E-state index contributed by atoms with van der Waals surface area (Å²) >= 11 is 0. The SMILES string of the molecule is Cc1c(C=O)c2cc(F)c(F)c(F)c2n1C. The molecule has 16 heavy (non-hydrogen) atoms. The van der Waals surface area contributed by atoms with Gasteiger partial charge in [0.1, 0.15) is 0 Å². The zero-order valence-corrected chi connectivity index (χ0v) is 8.64. The van der Waals surface area contributed by atoms with Crippen LogP contribution in [0.25, 0.3) is 10.9 Å². The topological polar surface area (TPSA) is 22.0 Å². The van der Waals surface area contributed by atoms with Crippen LogP contribution in [0.4, 0.5) is 13.2 Å². The van der Waals surface area contributed by atoms with E-state index in [4.69, 9.17) is 0 Å². The van der Waals surface area contributed by atoms with Crippen molar-refractivity contribution in [3.05, 3.63) is 34.8 Å². The van der Waals surface area contributed by atoms with Gasteiger partial charge in [0, 0.05) is 23.7 Å². The van der Waals surface area contributed by atoms with Gasteiger partial charge in [-0.15, -0.1) is 0 Å². The second kappa shape index (κ2) is 3.37. The Balaban J connectivity index is 3.07. The quantitative estimate of drug-likeness (QED) is 0.542. The lowest BCUT2D eigenvalue weighted by Gasteiger charge is -2.01. The van der Waals surface area contributed by atoms with Gasteiger partial charge >= 0.3 is 0 Å². The zero-order valence-electron chi connectivity index (χ0n) is 8.64. The number of halogens is 3. The van der Waals surface area contributed by atoms with Gasteiger partial charge in [-0.25, -0.2) is 13.2 Å². The third-order valence-electron chi connectivity index (χ3n) is 2.77. The van der Waals surface area contributed by atoms with E-state index in [-0.39, 0.29) is 16.5 Å². The van der Waals surface area contributed by atoms with Gasteiger partial charge in [-0.2, -0.15) is 0 Å². The molecule has 0 saturated carbocycles. The molecule has 0 amide bonds. The lowest BCUT2D eigenvalue weighted by molar-refractivity contribution is 0.112. The minimum absolute atomic E-state index is 0.0893. The number of rotatable bonds is 1. The highest BCUT2D eigenvalue weighted by atomic mass is 19.2. The molecule has 0 aliphatic rings. The van der Waals surface area contributed by atoms with E-state index in [0.717, 1.165) is 6.07 Å². The van der Waals surface area contributed by atoms with Crippen molar-refractivity contribution >= 4 is 17.2 Å². The molecule has 84 valence electrons. The van der Waals surface area contributed by atoms with Gasteiger partial charge < -0.3 is 4.57 Å². The van der Waals surface area contributed by atoms with Crippen molar-refractivity contribution in [2.45, 2.75) is 6.92 Å². The molecule has 0 bridgehead atoms. The number of nitrogens with zero attached hydrogens (tertiary/aromatic N) is 1. The van der Waals surface area contributed by atoms with Crippen LogP contribution in [0.2, 0.25) is 0 Å². The molecule has 0 unspecified atom stereocenters. The molecule has 0 fully saturated rings. The Bertz CT molecular complexity index is 601. The maximum absolute atomic E-state index is 13.5. The summed E-state index contributed by atoms with van der Waals surface area (Å²) in [7, 11) is 1.49. The van der Waals surface area contributed by atoms with E-state index in [1.165, 1.54) is 11.6 Å². The molecule has 1 aromatic heterocycles. The van der Waals surface area contributed by atoms with Crippen molar-refractivity contribution in [1.82, 2.24) is 4.57 Å². The number of benzene rings is 1. The van der Waals surface area contributed by atoms with Gasteiger partial charge in [0.25, 0.3) is 0 Å². The van der Waals surface area contributed by atoms with Gasteiger partial charge in [-0.05, 0) is 13.0 Å². The van der Waals surface area contributed by atoms with Crippen molar-refractivity contribution in [2.75, 3.05) is 0 Å². The van der Waals surface area contributed by atoms with Crippen molar-refractivity contribution in [3.8, 4) is 0 Å². The van der Waals surface area contributed by atoms with Crippen LogP contribution in [0.15, 0.2) is 6.07 Å². The first kappa shape index (κ1) is 10.7. The molecular formula is C11H8F3NO. The first-order valence-electron chi connectivity index (χ1n) is 4.56. The molecule has 0 saturated heterocycles. The standard InChI is InChI=1S/C11H8F3NO/c1-5-7(4-16)6-3-8(12)9(13)10(14)11(6)15(5)2/h3-4H,1-2H3. The highest BCUT2D eigenvalue weighted by Crippen LogP contribution is 2.28. The Morgan fingerprint density at radius 1 is 1.25 bits per heavy atom. The second-order valence-corrected chi connectivity index (χ2v) is 3.56. The van der Waals surface area contributed by atoms with Crippen molar-refractivity contribution in [2.24, 2.45) is 7.05 Å². The Hall–Kier alpha value is -1.78. The van der Waals surface area contributed by atoms with Crippen molar-refractivity contribution in [1.29, 1.82) is 0 Å². The van der Waals surface area contributed by atoms with E-state index >= 15 is 0 Å². The number of hydrogen-bond donors (Lipinski definition) is 0. The number of carbonyl (C=O) groups is 1. The van der Waals surface area contributed by atoms with E-state index in [1.54, 1.807) is 6.92 Å². The molecule has 1 heterocycles. The molecule has 2 rings (SSSR count). The Kier molecular flexibility index (Phi) is 2.26. The van der Waals surface area contributed by atoms with Crippen LogP contribution in [0.5, 0.6) is 0 Å². The van der Waals surface area contributed by atoms with E-state index in [0.29, 0.717) is 12.0 Å². The summed E-state index contributed by atoms with van der Waals surface area (Å²) < 4.78 is 40.9. The summed E-state index contributed by atoms with van der Waals surface area (Å²) in [5.74, 6) is -4.09. The zero-order chi connectivity index (χ0) is 12.0. The maximum Gasteiger partial charge on any atom is 0.196 e. The third-order valence-corrected chi connectivity index (χ3v) is 2.77. The molecule has 2 nitrogen and oxygen atoms in total. The molecule has 1 aromatic carbocycles. The largest absolute Gasteiger partial charge is 0.345 e. The lowest BCUT2D eigenvalue weighted by Crippen LogP contribution is -1.97. The summed E-state index contributed by atoms with van der Waals surface area (Å²) in [4.78, 5) is 10.8. The van der Waals surface area contributed by atoms with E-state index < -0.39 is 17.5 Å². The van der Waals surface area contributed by atoms with Gasteiger partial charge in [-0.1, -0.05) is 0 Å². The minimum Gasteiger partial charge on any atom is -0.345 e. The molecule has 0 spiro atoms. The molecule has 2 aromatic rings. The van der Waals surface area contributed by atoms with Crippen LogP contribution in [0, 0.1) is 24.4 Å². The fourth-order valence-electron chi connectivity index (χ4n) is 1.81. The summed E-state index contributed by atoms with van der Waals surface area (Å²) in [6.07, 6.45) is 0.508. The van der Waals surface area contributed by atoms with Crippen LogP contribution < -0.4 is 0 Å². The number of aldehydes is 1. The van der Waals surface area contributed by atoms with E-state index in [9.17, 15) is 18.0 Å². The van der Waals surface area contributed by atoms with Crippen LogP contribution in [-0.4, -0.2) is 10.9 Å². The Morgan fingerprint density at radius 2 is 1.88 bits per heavy atom. The number of carbonyl (C=O) groups excluding carboxylic acids is 1. The maximum atomic E-state index is 13.5. The van der Waals surface area contributed by atoms with Crippen LogP contribution in [0.1, 0.15) is 16.1 Å². The predicted octanol–water partition coefficient (Wildman–Crippen LogP) is 2.72. The van der Waals surface area contributed by atoms with E-state index in [2.05, 4.69) is 0 Å². The monoisotopic (exact) mass is 227 g/mol. The third kappa shape index (κ3) is 1.17. The summed E-state index contributed by atoms with van der Waals surface area (Å²) in [6, 6.07) is 0.838. The predicted molar refractivity (Wildman–Crippen MR) is 52.9 cm³/mol. The molecule has 0 aliphatic heterocycles. The van der Waals surface area contributed by atoms with Crippen molar-refractivity contribution < 1.29 is 18.0 Å². The lowest BCUT2D eigenvalue weighted by atomic mass is 10.1. The Morgan fingerprint density at radius 3 is 2.44 bits per heavy atom. The van der Waals surface area contributed by atoms with Gasteiger partial charge in [0.05, 0.1) is 5.52 Å². The highest BCUT2D eigenvalue weighted by Gasteiger charge is 2.20. The first-order valence-corrected chi connectivity index (χ1v) is 4.56. The summed E-state index contributed by atoms with van der Waals surface area (Å²) in [5.41, 5.74) is 0.544. The average Bonchev–Trinajstić information content (AvgIpc) is 2.48. The first-order chi connectivity index (χ1) is 7.49. The number of fused-ring (bicyclic) bond motifs is 1. The Labute approximate surface area is 89.3 Å². The molecule has 5 heteroatoms. The summed E-state index contributed by atoms with van der Waals surface area (Å²) in [6.45, 7) is 1.58. The summed E-state index contributed by atoms with van der Waals surface area (Å²) in [5, 5.41) is 0.0893. The van der Waals surface area contributed by atoms with Crippen molar-refractivity contribution in [3.63, 3.8) is 0 Å². The van der Waals surface area contributed by atoms with Gasteiger partial charge in [0.2, 0.25) is 0 Å². The second-order valence-electron chi connectivity index (χ2n) is 3.56. The van der Waals surface area contributed by atoms with Gasteiger partial charge in [-0.3, -0.25) is 4.79 Å². The van der Waals surface area contributed by atoms with E-state index in [1.807, 2.05) is 0 Å². The molecule has 0 atom stereocenters.